The number of hydrogen-bond donors (Lipinski definition) is 0. The summed E-state index contributed by atoms with van der Waals surface area (Å²) in [5.74, 6) is 2.08. The van der Waals surface area contributed by atoms with Crippen LogP contribution in [0.5, 0.6) is 0 Å². The summed E-state index contributed by atoms with van der Waals surface area (Å²) in [6.45, 7) is 1.71. The van der Waals surface area contributed by atoms with Crippen molar-refractivity contribution in [3.8, 4) is 0 Å². The Hall–Kier alpha value is -2.17. The van der Waals surface area contributed by atoms with Gasteiger partial charge in [-0.05, 0) is 49.7 Å². The van der Waals surface area contributed by atoms with Crippen LogP contribution in [0.4, 0.5) is 0 Å². The van der Waals surface area contributed by atoms with Gasteiger partial charge in [-0.2, -0.15) is 0 Å². The second-order valence-corrected chi connectivity index (χ2v) is 7.80. The molecule has 3 aliphatic rings. The molecule has 1 amide bonds. The molecular formula is C20H24N4O. The molecule has 0 bridgehead atoms. The van der Waals surface area contributed by atoms with Gasteiger partial charge in [0.1, 0.15) is 12.2 Å². The van der Waals surface area contributed by atoms with Gasteiger partial charge < -0.3 is 9.47 Å². The lowest BCUT2D eigenvalue weighted by atomic mass is 9.94. The highest BCUT2D eigenvalue weighted by atomic mass is 16.2. The van der Waals surface area contributed by atoms with Crippen molar-refractivity contribution in [2.45, 2.75) is 50.5 Å². The minimum atomic E-state index is 0.143. The lowest BCUT2D eigenvalue weighted by molar-refractivity contribution is -0.136. The van der Waals surface area contributed by atoms with E-state index in [1.165, 1.54) is 24.0 Å². The second-order valence-electron chi connectivity index (χ2n) is 7.80. The molecule has 2 fully saturated rings. The fourth-order valence-electron chi connectivity index (χ4n) is 4.53. The molecule has 25 heavy (non-hydrogen) atoms. The van der Waals surface area contributed by atoms with Gasteiger partial charge in [0.2, 0.25) is 5.91 Å². The molecule has 2 aromatic rings. The van der Waals surface area contributed by atoms with Crippen LogP contribution in [0.2, 0.25) is 0 Å². The molecule has 1 aromatic carbocycles. The van der Waals surface area contributed by atoms with E-state index < -0.39 is 0 Å². The van der Waals surface area contributed by atoms with E-state index in [0.29, 0.717) is 17.9 Å². The molecule has 5 heteroatoms. The number of likely N-dealkylation sites (tertiary alicyclic amines) is 1. The number of hydrogen-bond acceptors (Lipinski definition) is 3. The van der Waals surface area contributed by atoms with Gasteiger partial charge in [0, 0.05) is 31.0 Å². The third kappa shape index (κ3) is 2.75. The van der Waals surface area contributed by atoms with Crippen LogP contribution in [0.25, 0.3) is 0 Å². The first-order valence-electron chi connectivity index (χ1n) is 9.54. The zero-order valence-corrected chi connectivity index (χ0v) is 14.5. The van der Waals surface area contributed by atoms with Crippen LogP contribution in [0.3, 0.4) is 0 Å². The second kappa shape index (κ2) is 5.97. The Bertz CT molecular complexity index is 761. The largest absolute Gasteiger partial charge is 0.342 e. The van der Waals surface area contributed by atoms with Crippen LogP contribution >= 0.6 is 0 Å². The van der Waals surface area contributed by atoms with Crippen molar-refractivity contribution in [3.63, 3.8) is 0 Å². The maximum absolute atomic E-state index is 12.9. The van der Waals surface area contributed by atoms with Crippen molar-refractivity contribution in [1.29, 1.82) is 0 Å². The van der Waals surface area contributed by atoms with Gasteiger partial charge >= 0.3 is 0 Å². The van der Waals surface area contributed by atoms with Crippen LogP contribution < -0.4 is 0 Å². The quantitative estimate of drug-likeness (QED) is 0.866. The van der Waals surface area contributed by atoms with Gasteiger partial charge in [0.25, 0.3) is 0 Å². The Kier molecular flexibility index (Phi) is 3.61. The third-order valence-electron chi connectivity index (χ3n) is 6.11. The minimum absolute atomic E-state index is 0.143. The smallest absolute Gasteiger partial charge is 0.226 e. The summed E-state index contributed by atoms with van der Waals surface area (Å²) < 4.78 is 2.27. The van der Waals surface area contributed by atoms with Gasteiger partial charge in [0.15, 0.2) is 0 Å². The molecule has 5 rings (SSSR count). The first-order chi connectivity index (χ1) is 12.3. The molecule has 5 nitrogen and oxygen atoms in total. The van der Waals surface area contributed by atoms with Gasteiger partial charge in [-0.15, -0.1) is 10.2 Å². The van der Waals surface area contributed by atoms with E-state index in [4.69, 9.17) is 0 Å². The first-order valence-corrected chi connectivity index (χ1v) is 9.54. The predicted molar refractivity (Wildman–Crippen MR) is 94.2 cm³/mol. The van der Waals surface area contributed by atoms with Crippen molar-refractivity contribution in [3.05, 3.63) is 47.5 Å². The number of amides is 1. The number of fused-ring (bicyclic) bond motifs is 1. The SMILES string of the molecule is O=C(C1Cc2ccccc2C1)N1CCC(c2nncn2C2CC2)CC1. The van der Waals surface area contributed by atoms with Crippen LogP contribution in [0.15, 0.2) is 30.6 Å². The summed E-state index contributed by atoms with van der Waals surface area (Å²) in [4.78, 5) is 15.0. The highest BCUT2D eigenvalue weighted by molar-refractivity contribution is 5.80. The summed E-state index contributed by atoms with van der Waals surface area (Å²) in [5, 5.41) is 8.52. The van der Waals surface area contributed by atoms with Crippen LogP contribution in [0.1, 0.15) is 54.6 Å². The van der Waals surface area contributed by atoms with E-state index in [9.17, 15) is 4.79 Å². The molecule has 0 unspecified atom stereocenters. The Labute approximate surface area is 148 Å². The van der Waals surface area contributed by atoms with Crippen molar-refractivity contribution in [2.75, 3.05) is 13.1 Å². The zero-order chi connectivity index (χ0) is 16.8. The summed E-state index contributed by atoms with van der Waals surface area (Å²) in [7, 11) is 0. The van der Waals surface area contributed by atoms with Crippen LogP contribution in [-0.2, 0) is 17.6 Å². The molecule has 130 valence electrons. The molecule has 2 heterocycles. The van der Waals surface area contributed by atoms with E-state index in [-0.39, 0.29) is 5.92 Å². The zero-order valence-electron chi connectivity index (χ0n) is 14.5. The first kappa shape index (κ1) is 15.1. The van der Waals surface area contributed by atoms with E-state index in [1.54, 1.807) is 0 Å². The molecule has 1 saturated carbocycles. The monoisotopic (exact) mass is 336 g/mol. The molecule has 2 aliphatic carbocycles. The normalized spacial score (nSPS) is 21.5. The molecule has 0 N–H and O–H groups in total. The van der Waals surface area contributed by atoms with Gasteiger partial charge in [-0.3, -0.25) is 4.79 Å². The van der Waals surface area contributed by atoms with E-state index in [1.807, 2.05) is 6.33 Å². The topological polar surface area (TPSA) is 51.0 Å². The Morgan fingerprint density at radius 3 is 2.32 bits per heavy atom. The molecule has 1 aromatic heterocycles. The fourth-order valence-corrected chi connectivity index (χ4v) is 4.53. The highest BCUT2D eigenvalue weighted by Crippen LogP contribution is 2.38. The summed E-state index contributed by atoms with van der Waals surface area (Å²) in [5.41, 5.74) is 2.71. The maximum atomic E-state index is 12.9. The standard InChI is InChI=1S/C20H24N4O/c25-20(17-11-15-3-1-2-4-16(15)12-17)23-9-7-14(8-10-23)19-22-21-13-24(19)18-5-6-18/h1-4,13-14,17-18H,5-12H2. The highest BCUT2D eigenvalue weighted by Gasteiger charge is 2.35. The number of nitrogens with zero attached hydrogens (tertiary/aromatic N) is 4. The average molecular weight is 336 g/mol. The Balaban J connectivity index is 1.22. The maximum Gasteiger partial charge on any atom is 0.226 e. The molecule has 0 atom stereocenters. The number of carbonyl (C=O) groups is 1. The van der Waals surface area contributed by atoms with Crippen LogP contribution in [-0.4, -0.2) is 38.7 Å². The van der Waals surface area contributed by atoms with Gasteiger partial charge in [0.05, 0.1) is 0 Å². The summed E-state index contributed by atoms with van der Waals surface area (Å²) in [6.07, 6.45) is 8.24. The molecule has 0 spiro atoms. The lowest BCUT2D eigenvalue weighted by Gasteiger charge is -2.33. The van der Waals surface area contributed by atoms with Crippen molar-refractivity contribution >= 4 is 5.91 Å². The number of aromatic nitrogens is 3. The third-order valence-corrected chi connectivity index (χ3v) is 6.11. The van der Waals surface area contributed by atoms with Crippen molar-refractivity contribution in [2.24, 2.45) is 5.92 Å². The van der Waals surface area contributed by atoms with Crippen molar-refractivity contribution < 1.29 is 4.79 Å². The summed E-state index contributed by atoms with van der Waals surface area (Å²) >= 11 is 0. The number of piperidine rings is 1. The number of benzene rings is 1. The fraction of sp³-hybridized carbons (Fsp3) is 0.550. The summed E-state index contributed by atoms with van der Waals surface area (Å²) in [6, 6.07) is 9.11. The van der Waals surface area contributed by atoms with Gasteiger partial charge in [-0.25, -0.2) is 0 Å². The van der Waals surface area contributed by atoms with Gasteiger partial charge in [-0.1, -0.05) is 24.3 Å². The predicted octanol–water partition coefficient (Wildman–Crippen LogP) is 2.73. The molecule has 1 aliphatic heterocycles. The molecular weight excluding hydrogens is 312 g/mol. The minimum Gasteiger partial charge on any atom is -0.342 e. The Morgan fingerprint density at radius 2 is 1.68 bits per heavy atom. The molecule has 0 radical (unpaired) electrons. The Morgan fingerprint density at radius 1 is 1.00 bits per heavy atom. The van der Waals surface area contributed by atoms with Crippen molar-refractivity contribution in [1.82, 2.24) is 19.7 Å². The molecule has 1 saturated heterocycles. The average Bonchev–Trinajstić information content (AvgIpc) is 3.22. The number of carbonyl (C=O) groups excluding carboxylic acids is 1. The van der Waals surface area contributed by atoms with E-state index in [2.05, 4.69) is 43.9 Å². The van der Waals surface area contributed by atoms with E-state index >= 15 is 0 Å². The number of rotatable bonds is 3. The lowest BCUT2D eigenvalue weighted by Crippen LogP contribution is -2.42. The van der Waals surface area contributed by atoms with E-state index in [0.717, 1.165) is 44.6 Å². The van der Waals surface area contributed by atoms with Crippen LogP contribution in [0, 0.1) is 5.92 Å².